The first kappa shape index (κ1) is 21.7. The van der Waals surface area contributed by atoms with E-state index in [0.29, 0.717) is 19.3 Å². The van der Waals surface area contributed by atoms with E-state index >= 15 is 0 Å². The number of rotatable bonds is 3. The maximum absolute atomic E-state index is 12.6. The van der Waals surface area contributed by atoms with Crippen molar-refractivity contribution in [2.75, 3.05) is 14.2 Å². The van der Waals surface area contributed by atoms with Gasteiger partial charge in [-0.1, -0.05) is 6.92 Å². The quantitative estimate of drug-likeness (QED) is 0.680. The van der Waals surface area contributed by atoms with E-state index in [2.05, 4.69) is 6.92 Å². The summed E-state index contributed by atoms with van der Waals surface area (Å²) in [6.07, 6.45) is 6.08. The van der Waals surface area contributed by atoms with Gasteiger partial charge in [0.05, 0.1) is 29.6 Å². The second-order valence-corrected chi connectivity index (χ2v) is 11.0. The molecule has 7 heteroatoms. The first-order valence-corrected chi connectivity index (χ1v) is 11.8. The number of fused-ring (bicyclic) bond motifs is 1. The number of aliphatic hydroxyl groups is 1. The van der Waals surface area contributed by atoms with Gasteiger partial charge in [0.15, 0.2) is 6.29 Å². The lowest BCUT2D eigenvalue weighted by atomic mass is 9.42. The van der Waals surface area contributed by atoms with Crippen LogP contribution in [0.25, 0.3) is 0 Å². The number of carbonyl (C=O) groups excluding carboxylic acids is 2. The average molecular weight is 437 g/mol. The molecule has 1 heterocycles. The minimum absolute atomic E-state index is 0.0977. The molecule has 7 nitrogen and oxygen atoms in total. The number of methoxy groups -OCH3 is 2. The van der Waals surface area contributed by atoms with Gasteiger partial charge in [0.2, 0.25) is 0 Å². The summed E-state index contributed by atoms with van der Waals surface area (Å²) < 4.78 is 23.5. The van der Waals surface area contributed by atoms with Crippen LogP contribution in [-0.4, -0.2) is 54.9 Å². The Morgan fingerprint density at radius 1 is 1.00 bits per heavy atom. The van der Waals surface area contributed by atoms with Crippen molar-refractivity contribution >= 4 is 11.9 Å². The van der Waals surface area contributed by atoms with E-state index in [9.17, 15) is 14.7 Å². The normalized spacial score (nSPS) is 52.6. The standard InChI is InChI=1S/C24H36O7/c1-14(25)30-15-7-10-23-18-8-9-21(2)16(19(26)28-3)5-6-17(21)24(18,31-20(23)29-4)12-11-22(23,27)13-15/h15-18,20,27H,5-13H2,1-4H3/t15-,16+,17+,18+,20-,21+,22+,23+,24+/m0/s1. The highest BCUT2D eigenvalue weighted by molar-refractivity contribution is 5.74. The molecule has 1 saturated heterocycles. The van der Waals surface area contributed by atoms with E-state index < -0.39 is 17.3 Å². The summed E-state index contributed by atoms with van der Waals surface area (Å²) in [5, 5.41) is 12.0. The van der Waals surface area contributed by atoms with Crippen molar-refractivity contribution in [1.82, 2.24) is 0 Å². The number of esters is 2. The van der Waals surface area contributed by atoms with Gasteiger partial charge >= 0.3 is 11.9 Å². The summed E-state index contributed by atoms with van der Waals surface area (Å²) in [7, 11) is 3.15. The van der Waals surface area contributed by atoms with Crippen molar-refractivity contribution in [3.63, 3.8) is 0 Å². The molecule has 0 aromatic rings. The molecule has 2 bridgehead atoms. The van der Waals surface area contributed by atoms with E-state index in [1.165, 1.54) is 14.0 Å². The molecule has 5 aliphatic rings. The van der Waals surface area contributed by atoms with Crippen molar-refractivity contribution < 1.29 is 33.6 Å². The molecule has 0 aromatic carbocycles. The van der Waals surface area contributed by atoms with Crippen molar-refractivity contribution in [3.8, 4) is 0 Å². The third-order valence-corrected chi connectivity index (χ3v) is 10.1. The van der Waals surface area contributed by atoms with Crippen LogP contribution >= 0.6 is 0 Å². The fraction of sp³-hybridized carbons (Fsp3) is 0.917. The zero-order valence-electron chi connectivity index (χ0n) is 19.1. The third-order valence-electron chi connectivity index (χ3n) is 10.1. The largest absolute Gasteiger partial charge is 0.469 e. The lowest BCUT2D eigenvalue weighted by Crippen LogP contribution is -2.67. The van der Waals surface area contributed by atoms with Crippen molar-refractivity contribution in [1.29, 1.82) is 0 Å². The number of hydrogen-bond donors (Lipinski definition) is 1. The Kier molecular flexibility index (Phi) is 4.83. The summed E-state index contributed by atoms with van der Waals surface area (Å²) in [5.74, 6) is -0.0782. The lowest BCUT2D eigenvalue weighted by Gasteiger charge is -2.63. The molecule has 5 rings (SSSR count). The molecule has 31 heavy (non-hydrogen) atoms. The summed E-state index contributed by atoms with van der Waals surface area (Å²) >= 11 is 0. The Morgan fingerprint density at radius 2 is 1.77 bits per heavy atom. The van der Waals surface area contributed by atoms with Gasteiger partial charge in [0.1, 0.15) is 6.10 Å². The monoisotopic (exact) mass is 436 g/mol. The van der Waals surface area contributed by atoms with E-state index in [1.54, 1.807) is 7.11 Å². The minimum atomic E-state index is -0.981. The zero-order chi connectivity index (χ0) is 22.2. The van der Waals surface area contributed by atoms with Crippen LogP contribution in [0.15, 0.2) is 0 Å². The molecule has 0 radical (unpaired) electrons. The van der Waals surface area contributed by atoms with Crippen LogP contribution in [0, 0.1) is 28.6 Å². The number of carbonyl (C=O) groups is 2. The second kappa shape index (κ2) is 6.91. The average Bonchev–Trinajstić information content (AvgIpc) is 3.19. The minimum Gasteiger partial charge on any atom is -0.469 e. The van der Waals surface area contributed by atoms with Gasteiger partial charge in [-0.15, -0.1) is 0 Å². The summed E-state index contributed by atoms with van der Waals surface area (Å²) in [6.45, 7) is 3.67. The number of hydrogen-bond acceptors (Lipinski definition) is 7. The Labute approximate surface area is 184 Å². The predicted octanol–water partition coefficient (Wildman–Crippen LogP) is 2.97. The Bertz CT molecular complexity index is 784. The lowest BCUT2D eigenvalue weighted by molar-refractivity contribution is -0.241. The molecule has 4 saturated carbocycles. The molecule has 1 N–H and O–H groups in total. The highest BCUT2D eigenvalue weighted by Crippen LogP contribution is 2.75. The molecule has 1 spiro atoms. The third kappa shape index (κ3) is 2.57. The van der Waals surface area contributed by atoms with E-state index in [4.69, 9.17) is 18.9 Å². The Hall–Kier alpha value is -1.18. The Morgan fingerprint density at radius 3 is 2.45 bits per heavy atom. The molecule has 1 aliphatic heterocycles. The topological polar surface area (TPSA) is 91.3 Å². The molecule has 4 aliphatic carbocycles. The first-order chi connectivity index (χ1) is 14.7. The Balaban J connectivity index is 1.53. The molecular formula is C24H36O7. The fourth-order valence-corrected chi connectivity index (χ4v) is 9.06. The van der Waals surface area contributed by atoms with Crippen LogP contribution < -0.4 is 0 Å². The summed E-state index contributed by atoms with van der Waals surface area (Å²) in [6, 6.07) is 0. The number of ether oxygens (including phenoxy) is 4. The van der Waals surface area contributed by atoms with Crippen LogP contribution in [0.1, 0.15) is 71.6 Å². The first-order valence-electron chi connectivity index (χ1n) is 11.8. The van der Waals surface area contributed by atoms with Gasteiger partial charge in [-0.3, -0.25) is 9.59 Å². The van der Waals surface area contributed by atoms with E-state index in [1.807, 2.05) is 0 Å². The molecule has 5 fully saturated rings. The maximum Gasteiger partial charge on any atom is 0.309 e. The molecule has 0 unspecified atom stereocenters. The van der Waals surface area contributed by atoms with Gasteiger partial charge in [-0.25, -0.2) is 0 Å². The highest BCUT2D eigenvalue weighted by Gasteiger charge is 2.79. The summed E-state index contributed by atoms with van der Waals surface area (Å²) in [4.78, 5) is 24.2. The van der Waals surface area contributed by atoms with Crippen LogP contribution in [-0.2, 0) is 28.5 Å². The molecular weight excluding hydrogens is 400 g/mol. The highest BCUT2D eigenvalue weighted by atomic mass is 16.7. The van der Waals surface area contributed by atoms with Crippen molar-refractivity contribution in [2.24, 2.45) is 28.6 Å². The fourth-order valence-electron chi connectivity index (χ4n) is 9.06. The van der Waals surface area contributed by atoms with Crippen LogP contribution in [0.5, 0.6) is 0 Å². The van der Waals surface area contributed by atoms with Gasteiger partial charge in [0, 0.05) is 26.4 Å². The predicted molar refractivity (Wildman–Crippen MR) is 110 cm³/mol. The van der Waals surface area contributed by atoms with Crippen LogP contribution in [0.3, 0.4) is 0 Å². The smallest absolute Gasteiger partial charge is 0.309 e. The zero-order valence-corrected chi connectivity index (χ0v) is 19.1. The van der Waals surface area contributed by atoms with Gasteiger partial charge < -0.3 is 24.1 Å². The van der Waals surface area contributed by atoms with Gasteiger partial charge in [-0.05, 0) is 62.7 Å². The molecule has 0 aromatic heterocycles. The van der Waals surface area contributed by atoms with Crippen LogP contribution in [0.4, 0.5) is 0 Å². The van der Waals surface area contributed by atoms with Crippen molar-refractivity contribution in [2.45, 2.75) is 95.2 Å². The van der Waals surface area contributed by atoms with Gasteiger partial charge in [0.25, 0.3) is 0 Å². The molecule has 174 valence electrons. The van der Waals surface area contributed by atoms with E-state index in [-0.39, 0.29) is 46.8 Å². The van der Waals surface area contributed by atoms with Crippen LogP contribution in [0.2, 0.25) is 0 Å². The van der Waals surface area contributed by atoms with E-state index in [0.717, 1.165) is 38.5 Å². The summed E-state index contributed by atoms with van der Waals surface area (Å²) in [5.41, 5.74) is -2.01. The maximum atomic E-state index is 12.6. The molecule has 9 atom stereocenters. The van der Waals surface area contributed by atoms with Crippen molar-refractivity contribution in [3.05, 3.63) is 0 Å². The van der Waals surface area contributed by atoms with Gasteiger partial charge in [-0.2, -0.15) is 0 Å². The SMILES string of the molecule is COC(=O)[C@H]1CC[C@@H]2[C@]1(C)CC[C@H]1[C@@]23CC[C@@]2(O)C[C@@H](OC(C)=O)CC[C@]12[C@@H](OC)O3. The second-order valence-electron chi connectivity index (χ2n) is 11.0. The molecule has 0 amide bonds.